The lowest BCUT2D eigenvalue weighted by Crippen LogP contribution is -2.52. The fourth-order valence-electron chi connectivity index (χ4n) is 6.07. The number of benzene rings is 2. The Bertz CT molecular complexity index is 1680. The molecule has 12 heteroatoms. The molecule has 4 N–H and O–H groups in total. The number of nitrogens with zero attached hydrogens (tertiary/aromatic N) is 5. The van der Waals surface area contributed by atoms with Crippen molar-refractivity contribution in [1.29, 1.82) is 0 Å². The van der Waals surface area contributed by atoms with Gasteiger partial charge in [0.2, 0.25) is 17.6 Å². The second-order valence-corrected chi connectivity index (χ2v) is 13.1. The maximum Gasteiger partial charge on any atom is 0.407 e. The van der Waals surface area contributed by atoms with E-state index < -0.39 is 23.6 Å². The lowest BCUT2D eigenvalue weighted by Gasteiger charge is -2.36. The largest absolute Gasteiger partial charge is 0.444 e. The summed E-state index contributed by atoms with van der Waals surface area (Å²) in [5.74, 6) is -0.414. The Morgan fingerprint density at radius 2 is 1.79 bits per heavy atom. The summed E-state index contributed by atoms with van der Waals surface area (Å²) in [7, 11) is 0. The van der Waals surface area contributed by atoms with Crippen molar-refractivity contribution in [3.63, 3.8) is 0 Å². The number of tetrazole rings is 1. The summed E-state index contributed by atoms with van der Waals surface area (Å²) < 4.78 is 5.37. The van der Waals surface area contributed by atoms with E-state index >= 15 is 0 Å². The van der Waals surface area contributed by atoms with Gasteiger partial charge in [-0.25, -0.2) is 4.79 Å². The number of hydrogen-bond acceptors (Lipinski definition) is 8. The van der Waals surface area contributed by atoms with Crippen LogP contribution in [-0.4, -0.2) is 61.7 Å². The number of hydrogen-bond donors (Lipinski definition) is 3. The molecule has 4 aromatic rings. The summed E-state index contributed by atoms with van der Waals surface area (Å²) in [6.07, 6.45) is 6.12. The van der Waals surface area contributed by atoms with Gasteiger partial charge in [-0.1, -0.05) is 24.3 Å². The molecule has 0 spiro atoms. The van der Waals surface area contributed by atoms with Crippen molar-refractivity contribution in [1.82, 2.24) is 30.9 Å². The van der Waals surface area contributed by atoms with Gasteiger partial charge in [0.15, 0.2) is 0 Å². The van der Waals surface area contributed by atoms with E-state index in [1.54, 1.807) is 35.4 Å². The van der Waals surface area contributed by atoms with Crippen LogP contribution in [0.2, 0.25) is 0 Å². The minimum Gasteiger partial charge on any atom is -0.444 e. The number of anilines is 1. The van der Waals surface area contributed by atoms with Gasteiger partial charge in [-0.2, -0.15) is 5.21 Å². The van der Waals surface area contributed by atoms with Crippen molar-refractivity contribution in [2.75, 3.05) is 11.4 Å². The third-order valence-electron chi connectivity index (χ3n) is 8.44. The Labute approximate surface area is 274 Å². The lowest BCUT2D eigenvalue weighted by molar-refractivity contribution is -0.127. The highest BCUT2D eigenvalue weighted by Crippen LogP contribution is 2.33. The molecule has 0 unspecified atom stereocenters. The first-order valence-corrected chi connectivity index (χ1v) is 15.9. The highest BCUT2D eigenvalue weighted by atomic mass is 16.6. The molecule has 1 atom stereocenters. The number of carbonyl (C=O) groups is 3. The monoisotopic (exact) mass is 638 g/mol. The molecule has 0 bridgehead atoms. The van der Waals surface area contributed by atoms with Gasteiger partial charge in [-0.3, -0.25) is 19.5 Å². The fourth-order valence-corrected chi connectivity index (χ4v) is 6.07. The Hall–Kier alpha value is -5.13. The zero-order chi connectivity index (χ0) is 33.6. The Balaban J connectivity index is 1.38. The number of pyridine rings is 1. The number of amides is 3. The summed E-state index contributed by atoms with van der Waals surface area (Å²) in [5, 5.41) is 17.0. The molecule has 0 radical (unpaired) electrons. The van der Waals surface area contributed by atoms with Gasteiger partial charge < -0.3 is 15.8 Å². The topological polar surface area (TPSA) is 169 Å². The molecule has 12 nitrogen and oxygen atoms in total. The number of alkyl carbamates (subject to hydrolysis) is 1. The minimum atomic E-state index is -0.932. The summed E-state index contributed by atoms with van der Waals surface area (Å²) in [4.78, 5) is 45.5. The minimum absolute atomic E-state index is 0.152. The summed E-state index contributed by atoms with van der Waals surface area (Å²) >= 11 is 0. The highest BCUT2D eigenvalue weighted by Gasteiger charge is 2.36. The molecule has 1 aliphatic carbocycles. The molecule has 0 aliphatic heterocycles. The molecule has 1 aliphatic rings. The molecule has 246 valence electrons. The van der Waals surface area contributed by atoms with Crippen molar-refractivity contribution in [2.45, 2.75) is 71.4 Å². The number of primary amides is 1. The number of carbonyl (C=O) groups excluding carboxylic acids is 3. The van der Waals surface area contributed by atoms with Gasteiger partial charge in [0.05, 0.1) is 0 Å². The van der Waals surface area contributed by atoms with Gasteiger partial charge >= 0.3 is 6.09 Å². The van der Waals surface area contributed by atoms with Crippen molar-refractivity contribution in [2.24, 2.45) is 17.6 Å². The Morgan fingerprint density at radius 3 is 2.43 bits per heavy atom. The van der Waals surface area contributed by atoms with Crippen LogP contribution in [0.5, 0.6) is 0 Å². The zero-order valence-electron chi connectivity index (χ0n) is 27.3. The molecule has 2 heterocycles. The SMILES string of the molecule is Cc1cnccc1-c1cccc(C[C@@H](C(N)=O)N(C(=O)C2CCC(CNC(=O)OC(C)(C)C)CC2)c2ccc(-c3nn[nH]n3)cc2)c1. The van der Waals surface area contributed by atoms with E-state index in [1.165, 1.54) is 0 Å². The molecule has 2 aromatic carbocycles. The fraction of sp³-hybridized carbons (Fsp3) is 0.400. The molecular formula is C35H42N8O4. The van der Waals surface area contributed by atoms with Crippen molar-refractivity contribution < 1.29 is 19.1 Å². The van der Waals surface area contributed by atoms with E-state index in [-0.39, 0.29) is 24.2 Å². The number of ether oxygens (including phenoxy) is 1. The quantitative estimate of drug-likeness (QED) is 0.218. The number of aryl methyl sites for hydroxylation is 1. The summed E-state index contributed by atoms with van der Waals surface area (Å²) in [6.45, 7) is 7.96. The molecule has 1 fully saturated rings. The zero-order valence-corrected chi connectivity index (χ0v) is 27.3. The van der Waals surface area contributed by atoms with E-state index in [2.05, 4.69) is 30.9 Å². The van der Waals surface area contributed by atoms with Crippen LogP contribution in [0.25, 0.3) is 22.5 Å². The molecule has 0 saturated heterocycles. The van der Waals surface area contributed by atoms with E-state index in [0.29, 0.717) is 36.5 Å². The third-order valence-corrected chi connectivity index (χ3v) is 8.44. The number of aromatic nitrogens is 5. The first-order chi connectivity index (χ1) is 22.5. The second kappa shape index (κ2) is 14.5. The maximum atomic E-state index is 14.4. The maximum absolute atomic E-state index is 14.4. The average molecular weight is 639 g/mol. The van der Waals surface area contributed by atoms with Gasteiger partial charge in [-0.05, 0) is 117 Å². The van der Waals surface area contributed by atoms with Crippen LogP contribution in [0.1, 0.15) is 57.6 Å². The second-order valence-electron chi connectivity index (χ2n) is 13.1. The van der Waals surface area contributed by atoms with Crippen LogP contribution in [0, 0.1) is 18.8 Å². The van der Waals surface area contributed by atoms with Crippen LogP contribution in [0.3, 0.4) is 0 Å². The van der Waals surface area contributed by atoms with Crippen LogP contribution < -0.4 is 16.0 Å². The molecular weight excluding hydrogens is 596 g/mol. The predicted molar refractivity (Wildman–Crippen MR) is 178 cm³/mol. The van der Waals surface area contributed by atoms with Gasteiger partial charge in [0.25, 0.3) is 0 Å². The lowest BCUT2D eigenvalue weighted by atomic mass is 9.81. The standard InChI is InChI=1S/C35H42N8O4/c1-22-20-37-17-16-29(22)27-7-5-6-24(18-27)19-30(31(36)44)43(28-14-12-25(13-15-28)32-39-41-42-40-32)33(45)26-10-8-23(9-11-26)21-38-34(46)47-35(2,3)4/h5-7,12-18,20,23,26,30H,8-11,19,21H2,1-4H3,(H2,36,44)(H,38,46)(H,39,40,41,42)/t23?,26?,30-/m0/s1. The van der Waals surface area contributed by atoms with Crippen molar-refractivity contribution in [3.8, 4) is 22.5 Å². The van der Waals surface area contributed by atoms with Gasteiger partial charge in [-0.15, -0.1) is 10.2 Å². The molecule has 3 amide bonds. The van der Waals surface area contributed by atoms with Crippen LogP contribution >= 0.6 is 0 Å². The summed E-state index contributed by atoms with van der Waals surface area (Å²) in [5.41, 5.74) is 10.7. The smallest absolute Gasteiger partial charge is 0.407 e. The molecule has 2 aromatic heterocycles. The molecule has 1 saturated carbocycles. The number of nitrogens with two attached hydrogens (primary N) is 1. The number of rotatable bonds is 10. The van der Waals surface area contributed by atoms with Crippen LogP contribution in [0.15, 0.2) is 67.0 Å². The van der Waals surface area contributed by atoms with Crippen LogP contribution in [-0.2, 0) is 20.7 Å². The average Bonchev–Trinajstić information content (AvgIpc) is 3.59. The Morgan fingerprint density at radius 1 is 1.04 bits per heavy atom. The number of H-pyrrole nitrogens is 1. The number of aromatic amines is 1. The van der Waals surface area contributed by atoms with E-state index in [9.17, 15) is 14.4 Å². The van der Waals surface area contributed by atoms with Gasteiger partial charge in [0, 0.05) is 42.5 Å². The van der Waals surface area contributed by atoms with E-state index in [4.69, 9.17) is 10.5 Å². The molecule has 5 rings (SSSR count). The van der Waals surface area contributed by atoms with Crippen molar-refractivity contribution >= 4 is 23.6 Å². The van der Waals surface area contributed by atoms with E-state index in [1.807, 2.05) is 64.2 Å². The van der Waals surface area contributed by atoms with Gasteiger partial charge in [0.1, 0.15) is 11.6 Å². The first kappa shape index (κ1) is 33.2. The van der Waals surface area contributed by atoms with E-state index in [0.717, 1.165) is 35.1 Å². The first-order valence-electron chi connectivity index (χ1n) is 15.9. The van der Waals surface area contributed by atoms with Crippen molar-refractivity contribution in [3.05, 3.63) is 78.1 Å². The number of nitrogens with one attached hydrogen (secondary N) is 2. The summed E-state index contributed by atoms with van der Waals surface area (Å²) in [6, 6.07) is 16.1. The van der Waals surface area contributed by atoms with Crippen LogP contribution in [0.4, 0.5) is 10.5 Å². The predicted octanol–water partition coefficient (Wildman–Crippen LogP) is 5.00. The normalized spacial score (nSPS) is 17.0. The third kappa shape index (κ3) is 8.57. The Kier molecular flexibility index (Phi) is 10.3. The highest BCUT2D eigenvalue weighted by molar-refractivity contribution is 6.01. The molecule has 47 heavy (non-hydrogen) atoms.